The van der Waals surface area contributed by atoms with Gasteiger partial charge in [-0.3, -0.25) is 4.79 Å². The highest BCUT2D eigenvalue weighted by molar-refractivity contribution is 5.92. The first-order valence-corrected chi connectivity index (χ1v) is 6.71. The molecule has 0 atom stereocenters. The molecule has 0 spiro atoms. The number of aryl methyl sites for hydroxylation is 2. The Labute approximate surface area is 122 Å². The Morgan fingerprint density at radius 1 is 1.19 bits per heavy atom. The summed E-state index contributed by atoms with van der Waals surface area (Å²) < 4.78 is 15.9. The maximum absolute atomic E-state index is 12.3. The largest absolute Gasteiger partial charge is 0.496 e. The van der Waals surface area contributed by atoms with E-state index in [0.717, 1.165) is 11.1 Å². The predicted octanol–water partition coefficient (Wildman–Crippen LogP) is 2.90. The Kier molecular flexibility index (Phi) is 4.02. The van der Waals surface area contributed by atoms with Gasteiger partial charge in [0.05, 0.1) is 19.1 Å². The van der Waals surface area contributed by atoms with Gasteiger partial charge in [-0.15, -0.1) is 0 Å². The van der Waals surface area contributed by atoms with Crippen molar-refractivity contribution >= 4 is 16.9 Å². The lowest BCUT2D eigenvalue weighted by Crippen LogP contribution is -2.12. The fourth-order valence-corrected chi connectivity index (χ4v) is 2.46. The lowest BCUT2D eigenvalue weighted by Gasteiger charge is -2.14. The highest BCUT2D eigenvalue weighted by atomic mass is 16.5. The van der Waals surface area contributed by atoms with Gasteiger partial charge in [-0.1, -0.05) is 0 Å². The Hall–Kier alpha value is -2.30. The molecular formula is C16H18O5. The number of carbonyl (C=O) groups is 1. The number of hydrogen-bond acceptors (Lipinski definition) is 5. The van der Waals surface area contributed by atoms with E-state index < -0.39 is 5.97 Å². The highest BCUT2D eigenvalue weighted by Gasteiger charge is 2.20. The maximum Gasteiger partial charge on any atom is 0.374 e. The van der Waals surface area contributed by atoms with Gasteiger partial charge in [0.25, 0.3) is 0 Å². The van der Waals surface area contributed by atoms with E-state index in [1.165, 1.54) is 6.07 Å². The monoisotopic (exact) mass is 290 g/mol. The minimum absolute atomic E-state index is 0.0820. The first kappa shape index (κ1) is 15.1. The van der Waals surface area contributed by atoms with Crippen LogP contribution in [0.3, 0.4) is 0 Å². The molecule has 0 radical (unpaired) electrons. The van der Waals surface area contributed by atoms with Crippen LogP contribution in [0, 0.1) is 20.8 Å². The number of rotatable bonds is 3. The van der Waals surface area contributed by atoms with Crippen LogP contribution in [0.4, 0.5) is 0 Å². The minimum atomic E-state index is -0.637. The molecule has 0 aliphatic carbocycles. The molecule has 5 nitrogen and oxygen atoms in total. The first-order valence-electron chi connectivity index (χ1n) is 6.71. The number of carbonyl (C=O) groups excluding carboxylic acids is 1. The highest BCUT2D eigenvalue weighted by Crippen LogP contribution is 2.33. The van der Waals surface area contributed by atoms with Gasteiger partial charge >= 0.3 is 5.97 Å². The molecule has 0 aliphatic rings. The lowest BCUT2D eigenvalue weighted by molar-refractivity contribution is 0.0490. The summed E-state index contributed by atoms with van der Waals surface area (Å²) in [4.78, 5) is 24.1. The molecule has 112 valence electrons. The molecule has 2 rings (SSSR count). The Morgan fingerprint density at radius 2 is 1.86 bits per heavy atom. The van der Waals surface area contributed by atoms with Crippen molar-refractivity contribution in [3.8, 4) is 5.75 Å². The van der Waals surface area contributed by atoms with E-state index in [1.54, 1.807) is 21.0 Å². The van der Waals surface area contributed by atoms with E-state index in [9.17, 15) is 9.59 Å². The Morgan fingerprint density at radius 3 is 2.43 bits per heavy atom. The van der Waals surface area contributed by atoms with Crippen LogP contribution in [0.2, 0.25) is 0 Å². The van der Waals surface area contributed by atoms with E-state index in [4.69, 9.17) is 13.9 Å². The second kappa shape index (κ2) is 5.60. The molecular weight excluding hydrogens is 272 g/mol. The van der Waals surface area contributed by atoms with Gasteiger partial charge in [0.2, 0.25) is 5.76 Å². The Bertz CT molecular complexity index is 771. The summed E-state index contributed by atoms with van der Waals surface area (Å²) in [5, 5.41) is 0.433. The third kappa shape index (κ3) is 2.39. The molecule has 1 aromatic heterocycles. The van der Waals surface area contributed by atoms with Crippen molar-refractivity contribution in [1.82, 2.24) is 0 Å². The smallest absolute Gasteiger partial charge is 0.374 e. The summed E-state index contributed by atoms with van der Waals surface area (Å²) in [5.41, 5.74) is 2.49. The topological polar surface area (TPSA) is 65.7 Å². The second-order valence-corrected chi connectivity index (χ2v) is 4.81. The molecule has 0 N–H and O–H groups in total. The van der Waals surface area contributed by atoms with Crippen molar-refractivity contribution in [3.05, 3.63) is 38.7 Å². The van der Waals surface area contributed by atoms with Crippen molar-refractivity contribution in [2.24, 2.45) is 0 Å². The first-order chi connectivity index (χ1) is 9.92. The van der Waals surface area contributed by atoms with Crippen LogP contribution in [0.1, 0.15) is 34.2 Å². The summed E-state index contributed by atoms with van der Waals surface area (Å²) >= 11 is 0. The third-order valence-electron chi connectivity index (χ3n) is 3.59. The summed E-state index contributed by atoms with van der Waals surface area (Å²) in [5.74, 6) is -0.0559. The van der Waals surface area contributed by atoms with Crippen molar-refractivity contribution < 1.29 is 18.7 Å². The van der Waals surface area contributed by atoms with Crippen molar-refractivity contribution in [2.45, 2.75) is 27.7 Å². The molecule has 0 unspecified atom stereocenters. The van der Waals surface area contributed by atoms with E-state index in [1.807, 2.05) is 13.8 Å². The van der Waals surface area contributed by atoms with Crippen LogP contribution in [0.25, 0.3) is 11.0 Å². The molecule has 0 saturated heterocycles. The zero-order valence-electron chi connectivity index (χ0n) is 12.8. The van der Waals surface area contributed by atoms with Crippen LogP contribution < -0.4 is 10.2 Å². The van der Waals surface area contributed by atoms with Crippen molar-refractivity contribution in [1.29, 1.82) is 0 Å². The van der Waals surface area contributed by atoms with Crippen LogP contribution in [-0.2, 0) is 4.74 Å². The third-order valence-corrected chi connectivity index (χ3v) is 3.59. The number of hydrogen-bond donors (Lipinski definition) is 0. The average molecular weight is 290 g/mol. The standard InChI is InChI=1S/C16H18O5/c1-6-20-16(18)12-7-11(17)13-10(4)14(19-5)8(2)9(3)15(13)21-12/h7H,6H2,1-5H3. The fraction of sp³-hybridized carbons (Fsp3) is 0.375. The van der Waals surface area contributed by atoms with Crippen molar-refractivity contribution in [2.75, 3.05) is 13.7 Å². The lowest BCUT2D eigenvalue weighted by atomic mass is 9.99. The molecule has 1 heterocycles. The second-order valence-electron chi connectivity index (χ2n) is 4.81. The molecule has 0 aliphatic heterocycles. The van der Waals surface area contributed by atoms with Crippen LogP contribution >= 0.6 is 0 Å². The number of ether oxygens (including phenoxy) is 2. The van der Waals surface area contributed by atoms with Gasteiger partial charge in [-0.25, -0.2) is 4.79 Å². The van der Waals surface area contributed by atoms with Crippen LogP contribution in [0.5, 0.6) is 5.75 Å². The number of esters is 1. The normalized spacial score (nSPS) is 10.7. The molecule has 21 heavy (non-hydrogen) atoms. The number of benzene rings is 1. The van der Waals surface area contributed by atoms with Crippen LogP contribution in [0.15, 0.2) is 15.3 Å². The molecule has 0 fully saturated rings. The zero-order chi connectivity index (χ0) is 15.7. The van der Waals surface area contributed by atoms with E-state index in [0.29, 0.717) is 22.3 Å². The number of fused-ring (bicyclic) bond motifs is 1. The molecule has 1 aromatic carbocycles. The average Bonchev–Trinajstić information content (AvgIpc) is 2.45. The van der Waals surface area contributed by atoms with Gasteiger partial charge in [0.1, 0.15) is 11.3 Å². The van der Waals surface area contributed by atoms with Crippen LogP contribution in [-0.4, -0.2) is 19.7 Å². The zero-order valence-corrected chi connectivity index (χ0v) is 12.8. The molecule has 0 saturated carbocycles. The fourth-order valence-electron chi connectivity index (χ4n) is 2.46. The Balaban J connectivity index is 2.85. The van der Waals surface area contributed by atoms with E-state index >= 15 is 0 Å². The summed E-state index contributed by atoms with van der Waals surface area (Å²) in [7, 11) is 1.56. The number of methoxy groups -OCH3 is 1. The van der Waals surface area contributed by atoms with E-state index in [-0.39, 0.29) is 17.8 Å². The predicted molar refractivity (Wildman–Crippen MR) is 79.2 cm³/mol. The molecule has 2 aromatic rings. The van der Waals surface area contributed by atoms with Gasteiger partial charge in [0.15, 0.2) is 5.43 Å². The molecule has 5 heteroatoms. The summed E-state index contributed by atoms with van der Waals surface area (Å²) in [6.07, 6.45) is 0. The molecule has 0 bridgehead atoms. The quantitative estimate of drug-likeness (QED) is 0.813. The maximum atomic E-state index is 12.3. The molecule has 0 amide bonds. The van der Waals surface area contributed by atoms with Gasteiger partial charge < -0.3 is 13.9 Å². The van der Waals surface area contributed by atoms with E-state index in [2.05, 4.69) is 0 Å². The summed E-state index contributed by atoms with van der Waals surface area (Å²) in [6, 6.07) is 1.17. The van der Waals surface area contributed by atoms with Gasteiger partial charge in [0, 0.05) is 11.6 Å². The van der Waals surface area contributed by atoms with Gasteiger partial charge in [-0.05, 0) is 38.8 Å². The van der Waals surface area contributed by atoms with Crippen molar-refractivity contribution in [3.63, 3.8) is 0 Å². The minimum Gasteiger partial charge on any atom is -0.496 e. The SMILES string of the molecule is CCOC(=O)c1cc(=O)c2c(C)c(OC)c(C)c(C)c2o1. The van der Waals surface area contributed by atoms with Gasteiger partial charge in [-0.2, -0.15) is 0 Å². The summed E-state index contributed by atoms with van der Waals surface area (Å²) in [6.45, 7) is 7.44.